The van der Waals surface area contributed by atoms with Gasteiger partial charge in [0.25, 0.3) is 5.91 Å². The summed E-state index contributed by atoms with van der Waals surface area (Å²) < 4.78 is 16.2. The third-order valence-corrected chi connectivity index (χ3v) is 4.41. The second kappa shape index (κ2) is 7.20. The average molecular weight is 344 g/mol. The summed E-state index contributed by atoms with van der Waals surface area (Å²) in [4.78, 5) is 25.7. The zero-order valence-electron chi connectivity index (χ0n) is 13.8. The Hall–Kier alpha value is -2.45. The van der Waals surface area contributed by atoms with Crippen LogP contribution in [0.3, 0.4) is 0 Å². The molecule has 0 bridgehead atoms. The topological polar surface area (TPSA) is 80.9 Å². The van der Waals surface area contributed by atoms with E-state index < -0.39 is 0 Å². The lowest BCUT2D eigenvalue weighted by Crippen LogP contribution is -2.44. The van der Waals surface area contributed by atoms with Gasteiger partial charge < -0.3 is 23.7 Å². The van der Waals surface area contributed by atoms with Gasteiger partial charge in [-0.25, -0.2) is 9.97 Å². The Morgan fingerprint density at radius 3 is 2.76 bits per heavy atom. The first-order valence-electron chi connectivity index (χ1n) is 8.41. The molecule has 2 aromatic rings. The zero-order chi connectivity index (χ0) is 17.1. The summed E-state index contributed by atoms with van der Waals surface area (Å²) in [5.41, 5.74) is 0. The summed E-state index contributed by atoms with van der Waals surface area (Å²) in [5, 5.41) is 0. The predicted octanol–water partition coefficient (Wildman–Crippen LogP) is 1.12. The maximum atomic E-state index is 12.7. The van der Waals surface area contributed by atoms with Crippen molar-refractivity contribution in [1.29, 1.82) is 0 Å². The van der Waals surface area contributed by atoms with Crippen LogP contribution in [0, 0.1) is 0 Å². The Morgan fingerprint density at radius 1 is 1.12 bits per heavy atom. The summed E-state index contributed by atoms with van der Waals surface area (Å²) in [5.74, 6) is 1.59. The molecular formula is C17H20N4O4. The van der Waals surface area contributed by atoms with Crippen molar-refractivity contribution in [3.8, 4) is 0 Å². The molecule has 8 heteroatoms. The van der Waals surface area contributed by atoms with Crippen molar-refractivity contribution in [2.45, 2.75) is 6.04 Å². The maximum Gasteiger partial charge on any atom is 0.290 e. The molecule has 132 valence electrons. The summed E-state index contributed by atoms with van der Waals surface area (Å²) in [6, 6.07) is 4.93. The lowest BCUT2D eigenvalue weighted by atomic mass is 10.2. The molecule has 0 aliphatic carbocycles. The molecule has 0 saturated carbocycles. The highest BCUT2D eigenvalue weighted by Gasteiger charge is 2.32. The Balaban J connectivity index is 1.59. The van der Waals surface area contributed by atoms with Gasteiger partial charge in [-0.2, -0.15) is 0 Å². The molecule has 25 heavy (non-hydrogen) atoms. The quantitative estimate of drug-likeness (QED) is 0.825. The third-order valence-electron chi connectivity index (χ3n) is 4.41. The van der Waals surface area contributed by atoms with Crippen LogP contribution in [0.15, 0.2) is 35.1 Å². The van der Waals surface area contributed by atoms with E-state index in [0.717, 1.165) is 18.9 Å². The normalized spacial score (nSPS) is 21.4. The number of carbonyl (C=O) groups is 1. The molecule has 1 unspecified atom stereocenters. The van der Waals surface area contributed by atoms with Gasteiger partial charge in [-0.15, -0.1) is 0 Å². The van der Waals surface area contributed by atoms with E-state index in [9.17, 15) is 4.79 Å². The van der Waals surface area contributed by atoms with E-state index in [-0.39, 0.29) is 11.9 Å². The van der Waals surface area contributed by atoms with Crippen molar-refractivity contribution in [3.63, 3.8) is 0 Å². The van der Waals surface area contributed by atoms with Crippen LogP contribution in [-0.4, -0.2) is 66.8 Å². The van der Waals surface area contributed by atoms with Crippen molar-refractivity contribution in [2.24, 2.45) is 0 Å². The van der Waals surface area contributed by atoms with Gasteiger partial charge in [-0.05, 0) is 18.2 Å². The monoisotopic (exact) mass is 344 g/mol. The fourth-order valence-electron chi connectivity index (χ4n) is 3.10. The van der Waals surface area contributed by atoms with Crippen molar-refractivity contribution in [2.75, 3.05) is 51.0 Å². The van der Waals surface area contributed by atoms with Crippen molar-refractivity contribution in [1.82, 2.24) is 14.9 Å². The molecule has 1 amide bonds. The molecule has 2 aliphatic rings. The van der Waals surface area contributed by atoms with Crippen LogP contribution in [-0.2, 0) is 9.47 Å². The molecule has 1 atom stereocenters. The van der Waals surface area contributed by atoms with Gasteiger partial charge in [-0.1, -0.05) is 0 Å². The van der Waals surface area contributed by atoms with E-state index in [2.05, 4.69) is 14.9 Å². The Bertz CT molecular complexity index is 715. The number of ether oxygens (including phenoxy) is 2. The lowest BCUT2D eigenvalue weighted by molar-refractivity contribution is -0.00674. The zero-order valence-corrected chi connectivity index (χ0v) is 13.8. The van der Waals surface area contributed by atoms with Crippen LogP contribution < -0.4 is 4.90 Å². The fraction of sp³-hybridized carbons (Fsp3) is 0.471. The van der Waals surface area contributed by atoms with Crippen LogP contribution in [0.5, 0.6) is 0 Å². The number of furan rings is 1. The number of aromatic nitrogens is 2. The first-order valence-corrected chi connectivity index (χ1v) is 8.41. The number of nitrogens with zero attached hydrogens (tertiary/aromatic N) is 4. The highest BCUT2D eigenvalue weighted by Crippen LogP contribution is 2.25. The van der Waals surface area contributed by atoms with Gasteiger partial charge in [0.1, 0.15) is 11.9 Å². The van der Waals surface area contributed by atoms with Gasteiger partial charge in [-0.3, -0.25) is 4.79 Å². The summed E-state index contributed by atoms with van der Waals surface area (Å²) >= 11 is 0. The highest BCUT2D eigenvalue weighted by molar-refractivity contribution is 5.91. The molecular weight excluding hydrogens is 324 g/mol. The minimum absolute atomic E-state index is 0.168. The molecule has 2 aliphatic heterocycles. The van der Waals surface area contributed by atoms with Gasteiger partial charge in [0, 0.05) is 25.8 Å². The largest absolute Gasteiger partial charge is 0.459 e. The van der Waals surface area contributed by atoms with Crippen LogP contribution in [0.1, 0.15) is 22.4 Å². The summed E-state index contributed by atoms with van der Waals surface area (Å²) in [6.07, 6.45) is 3.23. The minimum Gasteiger partial charge on any atom is -0.459 e. The molecule has 0 spiro atoms. The lowest BCUT2D eigenvalue weighted by Gasteiger charge is -2.34. The van der Waals surface area contributed by atoms with Crippen molar-refractivity contribution >= 4 is 11.7 Å². The van der Waals surface area contributed by atoms with Crippen molar-refractivity contribution < 1.29 is 18.7 Å². The number of morpholine rings is 2. The predicted molar refractivity (Wildman–Crippen MR) is 88.4 cm³/mol. The molecule has 8 nitrogen and oxygen atoms in total. The molecule has 0 aromatic carbocycles. The highest BCUT2D eigenvalue weighted by atomic mass is 16.5. The number of carbonyl (C=O) groups excluding carboxylic acids is 1. The molecule has 0 N–H and O–H groups in total. The van der Waals surface area contributed by atoms with E-state index in [0.29, 0.717) is 44.6 Å². The molecule has 4 heterocycles. The SMILES string of the molecule is O=C(c1ccco1)N1CCOCC1c1nccc(N2CCOCC2)n1. The first kappa shape index (κ1) is 16.0. The molecule has 2 aromatic heterocycles. The average Bonchev–Trinajstić information content (AvgIpc) is 3.23. The standard InChI is InChI=1S/C17H20N4O4/c22-17(14-2-1-8-25-14)21-7-11-24-12-13(21)16-18-4-3-15(19-16)20-5-9-23-10-6-20/h1-4,8,13H,5-7,9-12H2. The summed E-state index contributed by atoms with van der Waals surface area (Å²) in [6.45, 7) is 4.32. The Labute approximate surface area is 145 Å². The Morgan fingerprint density at radius 2 is 1.96 bits per heavy atom. The Kier molecular flexibility index (Phi) is 4.62. The number of anilines is 1. The minimum atomic E-state index is -0.327. The molecule has 2 fully saturated rings. The number of hydrogen-bond donors (Lipinski definition) is 0. The van der Waals surface area contributed by atoms with Crippen LogP contribution in [0.25, 0.3) is 0 Å². The number of rotatable bonds is 3. The van der Waals surface area contributed by atoms with E-state index in [4.69, 9.17) is 13.9 Å². The maximum absolute atomic E-state index is 12.7. The smallest absolute Gasteiger partial charge is 0.290 e. The third kappa shape index (κ3) is 3.35. The van der Waals surface area contributed by atoms with E-state index in [1.807, 2.05) is 6.07 Å². The van der Waals surface area contributed by atoms with Crippen LogP contribution >= 0.6 is 0 Å². The number of amides is 1. The van der Waals surface area contributed by atoms with Crippen LogP contribution in [0.4, 0.5) is 5.82 Å². The molecule has 4 rings (SSSR count). The molecule has 2 saturated heterocycles. The summed E-state index contributed by atoms with van der Waals surface area (Å²) in [7, 11) is 0. The van der Waals surface area contributed by atoms with Gasteiger partial charge in [0.2, 0.25) is 0 Å². The van der Waals surface area contributed by atoms with Gasteiger partial charge in [0.05, 0.1) is 32.7 Å². The number of hydrogen-bond acceptors (Lipinski definition) is 7. The second-order valence-electron chi connectivity index (χ2n) is 5.94. The molecule has 0 radical (unpaired) electrons. The van der Waals surface area contributed by atoms with Gasteiger partial charge >= 0.3 is 0 Å². The fourth-order valence-corrected chi connectivity index (χ4v) is 3.10. The van der Waals surface area contributed by atoms with E-state index in [1.54, 1.807) is 23.2 Å². The van der Waals surface area contributed by atoms with Crippen molar-refractivity contribution in [3.05, 3.63) is 42.2 Å². The van der Waals surface area contributed by atoms with E-state index in [1.165, 1.54) is 6.26 Å². The van der Waals surface area contributed by atoms with Gasteiger partial charge in [0.15, 0.2) is 11.6 Å². The van der Waals surface area contributed by atoms with Crippen LogP contribution in [0.2, 0.25) is 0 Å². The first-order chi connectivity index (χ1) is 12.3. The second-order valence-corrected chi connectivity index (χ2v) is 5.94. The van der Waals surface area contributed by atoms with E-state index >= 15 is 0 Å².